The van der Waals surface area contributed by atoms with Crippen LogP contribution < -0.4 is 5.32 Å². The maximum absolute atomic E-state index is 13.1. The highest BCUT2D eigenvalue weighted by Gasteiger charge is 2.31. The number of hydrogen-bond donors (Lipinski definition) is 2. The topological polar surface area (TPSA) is 88.0 Å². The summed E-state index contributed by atoms with van der Waals surface area (Å²) in [6.45, 7) is 5.84. The molecule has 0 aliphatic heterocycles. The summed E-state index contributed by atoms with van der Waals surface area (Å²) in [5, 5.41) is 13.1. The molecule has 0 fully saturated rings. The molecule has 0 aliphatic carbocycles. The predicted molar refractivity (Wildman–Crippen MR) is 118 cm³/mol. The zero-order chi connectivity index (χ0) is 24.4. The third-order valence-electron chi connectivity index (χ3n) is 5.30. The van der Waals surface area contributed by atoms with Gasteiger partial charge in [-0.25, -0.2) is 4.98 Å². The van der Waals surface area contributed by atoms with Crippen LogP contribution in [0.3, 0.4) is 0 Å². The van der Waals surface area contributed by atoms with E-state index in [1.165, 1.54) is 12.1 Å². The smallest absolute Gasteiger partial charge is 0.416 e. The monoisotopic (exact) mass is 478 g/mol. The number of halogens is 4. The lowest BCUT2D eigenvalue weighted by molar-refractivity contribution is -0.137. The number of nitrogens with one attached hydrogen (secondary N) is 1. The lowest BCUT2D eigenvalue weighted by Gasteiger charge is -2.21. The second-order valence-electron chi connectivity index (χ2n) is 8.10. The van der Waals surface area contributed by atoms with Gasteiger partial charge < -0.3 is 10.4 Å². The number of carbonyl (C=O) groups excluding carboxylic acids is 1. The van der Waals surface area contributed by atoms with Gasteiger partial charge in [0.05, 0.1) is 10.6 Å². The second kappa shape index (κ2) is 9.35. The third-order valence-corrected chi connectivity index (χ3v) is 5.62. The van der Waals surface area contributed by atoms with Crippen molar-refractivity contribution in [2.45, 2.75) is 39.9 Å². The molecule has 2 aromatic carbocycles. The van der Waals surface area contributed by atoms with Crippen molar-refractivity contribution in [1.29, 1.82) is 0 Å². The number of nitrogens with zero attached hydrogens (tertiary/aromatic N) is 3. The van der Waals surface area contributed by atoms with Crippen LogP contribution in [0.5, 0.6) is 6.01 Å². The molecule has 0 atom stereocenters. The maximum Gasteiger partial charge on any atom is 0.416 e. The first-order valence-corrected chi connectivity index (χ1v) is 10.5. The van der Waals surface area contributed by atoms with Crippen molar-refractivity contribution >= 4 is 17.5 Å². The Balaban J connectivity index is 1.95. The first-order valence-electron chi connectivity index (χ1n) is 10.1. The molecule has 0 spiro atoms. The standard InChI is InChI=1S/C23H22ClF3N4O2/c1-4-22(2,3)20(32)28-12-13-8-9-17(24)16(10-13)19-29-18(30-21(33)31-19)14-6-5-7-15(11-14)23(25,26)27/h5-11H,4,12H2,1-3H3,(H,28,32)(H,29,30,31,33). The minimum Gasteiger partial charge on any atom is -0.479 e. The minimum absolute atomic E-state index is 0.0121. The number of benzene rings is 2. The van der Waals surface area contributed by atoms with Crippen molar-refractivity contribution in [3.05, 3.63) is 58.6 Å². The first-order chi connectivity index (χ1) is 15.4. The number of alkyl halides is 3. The Kier molecular flexibility index (Phi) is 6.92. The third kappa shape index (κ3) is 5.78. The zero-order valence-electron chi connectivity index (χ0n) is 18.2. The quantitative estimate of drug-likeness (QED) is 0.479. The highest BCUT2D eigenvalue weighted by Crippen LogP contribution is 2.33. The minimum atomic E-state index is -4.54. The molecule has 10 heteroatoms. The van der Waals surface area contributed by atoms with E-state index >= 15 is 0 Å². The van der Waals surface area contributed by atoms with Gasteiger partial charge in [0, 0.05) is 23.1 Å². The van der Waals surface area contributed by atoms with Crippen LogP contribution in [0.25, 0.3) is 22.8 Å². The highest BCUT2D eigenvalue weighted by atomic mass is 35.5. The van der Waals surface area contributed by atoms with E-state index in [2.05, 4.69) is 20.3 Å². The van der Waals surface area contributed by atoms with Crippen molar-refractivity contribution < 1.29 is 23.1 Å². The van der Waals surface area contributed by atoms with E-state index in [4.69, 9.17) is 11.6 Å². The summed E-state index contributed by atoms with van der Waals surface area (Å²) in [6, 6.07) is 8.75. The van der Waals surface area contributed by atoms with E-state index in [9.17, 15) is 23.1 Å². The Morgan fingerprint density at radius 3 is 2.42 bits per heavy atom. The Morgan fingerprint density at radius 1 is 1.06 bits per heavy atom. The van der Waals surface area contributed by atoms with E-state index in [0.717, 1.165) is 12.1 Å². The van der Waals surface area contributed by atoms with Crippen molar-refractivity contribution in [3.63, 3.8) is 0 Å². The molecule has 0 bridgehead atoms. The fraction of sp³-hybridized carbons (Fsp3) is 0.304. The summed E-state index contributed by atoms with van der Waals surface area (Å²) in [6.07, 6.45) is -3.87. The molecule has 1 heterocycles. The molecular weight excluding hydrogens is 457 g/mol. The number of rotatable bonds is 6. The molecule has 33 heavy (non-hydrogen) atoms. The van der Waals surface area contributed by atoms with Crippen LogP contribution in [0.15, 0.2) is 42.5 Å². The van der Waals surface area contributed by atoms with E-state index in [1.54, 1.807) is 18.2 Å². The number of hydrogen-bond acceptors (Lipinski definition) is 5. The Morgan fingerprint density at radius 2 is 1.76 bits per heavy atom. The number of aromatic hydroxyl groups is 1. The molecule has 0 radical (unpaired) electrons. The Labute approximate surface area is 193 Å². The van der Waals surface area contributed by atoms with Gasteiger partial charge in [-0.2, -0.15) is 23.1 Å². The van der Waals surface area contributed by atoms with Gasteiger partial charge in [-0.3, -0.25) is 4.79 Å². The van der Waals surface area contributed by atoms with E-state index in [0.29, 0.717) is 17.5 Å². The largest absolute Gasteiger partial charge is 0.479 e. The van der Waals surface area contributed by atoms with Crippen molar-refractivity contribution in [3.8, 4) is 28.8 Å². The van der Waals surface area contributed by atoms with Crippen LogP contribution in [-0.4, -0.2) is 26.0 Å². The molecule has 0 unspecified atom stereocenters. The number of aromatic nitrogens is 3. The van der Waals surface area contributed by atoms with E-state index in [-0.39, 0.29) is 34.7 Å². The van der Waals surface area contributed by atoms with Crippen molar-refractivity contribution in [1.82, 2.24) is 20.3 Å². The van der Waals surface area contributed by atoms with Gasteiger partial charge in [-0.1, -0.05) is 50.6 Å². The molecule has 3 rings (SSSR count). The van der Waals surface area contributed by atoms with Gasteiger partial charge >= 0.3 is 12.2 Å². The van der Waals surface area contributed by atoms with Gasteiger partial charge in [0.2, 0.25) is 5.91 Å². The molecule has 6 nitrogen and oxygen atoms in total. The molecule has 1 aromatic heterocycles. The SMILES string of the molecule is CCC(C)(C)C(=O)NCc1ccc(Cl)c(-c2nc(O)nc(-c3cccc(C(F)(F)F)c3)n2)c1. The molecule has 174 valence electrons. The fourth-order valence-corrected chi connectivity index (χ4v) is 3.09. The van der Waals surface area contributed by atoms with E-state index < -0.39 is 23.2 Å². The summed E-state index contributed by atoms with van der Waals surface area (Å²) in [7, 11) is 0. The normalized spacial score (nSPS) is 12.0. The van der Waals surface area contributed by atoms with Crippen LogP contribution in [-0.2, 0) is 17.5 Å². The van der Waals surface area contributed by atoms with Gasteiger partial charge in [0.15, 0.2) is 11.6 Å². The van der Waals surface area contributed by atoms with Crippen LogP contribution in [0.4, 0.5) is 13.2 Å². The second-order valence-corrected chi connectivity index (χ2v) is 8.50. The average molecular weight is 479 g/mol. The molecule has 1 amide bonds. The molecule has 3 aromatic rings. The van der Waals surface area contributed by atoms with Crippen LogP contribution in [0.1, 0.15) is 38.3 Å². The van der Waals surface area contributed by atoms with Gasteiger partial charge in [-0.05, 0) is 36.2 Å². The summed E-state index contributed by atoms with van der Waals surface area (Å²) in [4.78, 5) is 24.2. The Bertz CT molecular complexity index is 1180. The van der Waals surface area contributed by atoms with Crippen LogP contribution in [0, 0.1) is 5.41 Å². The average Bonchev–Trinajstić information content (AvgIpc) is 2.77. The van der Waals surface area contributed by atoms with Crippen molar-refractivity contribution in [2.24, 2.45) is 5.41 Å². The summed E-state index contributed by atoms with van der Waals surface area (Å²) < 4.78 is 39.2. The maximum atomic E-state index is 13.1. The number of amides is 1. The predicted octanol–water partition coefficient (Wildman–Crippen LogP) is 5.64. The summed E-state index contributed by atoms with van der Waals surface area (Å²) >= 11 is 6.31. The Hall–Kier alpha value is -3.20. The highest BCUT2D eigenvalue weighted by molar-refractivity contribution is 6.33. The molecule has 0 saturated heterocycles. The fourth-order valence-electron chi connectivity index (χ4n) is 2.88. The van der Waals surface area contributed by atoms with Crippen LogP contribution in [0.2, 0.25) is 5.02 Å². The summed E-state index contributed by atoms with van der Waals surface area (Å²) in [5.74, 6) is -0.254. The first kappa shape index (κ1) is 24.4. The molecular formula is C23H22ClF3N4O2. The lowest BCUT2D eigenvalue weighted by Crippen LogP contribution is -2.35. The van der Waals surface area contributed by atoms with Crippen LogP contribution >= 0.6 is 11.6 Å². The van der Waals surface area contributed by atoms with E-state index in [1.807, 2.05) is 20.8 Å². The van der Waals surface area contributed by atoms with Gasteiger partial charge in [-0.15, -0.1) is 0 Å². The molecule has 0 saturated carbocycles. The molecule has 0 aliphatic rings. The number of carbonyl (C=O) groups is 1. The molecule has 2 N–H and O–H groups in total. The van der Waals surface area contributed by atoms with Gasteiger partial charge in [0.25, 0.3) is 0 Å². The lowest BCUT2D eigenvalue weighted by atomic mass is 9.89. The van der Waals surface area contributed by atoms with Crippen molar-refractivity contribution in [2.75, 3.05) is 0 Å². The zero-order valence-corrected chi connectivity index (χ0v) is 18.9. The summed E-state index contributed by atoms with van der Waals surface area (Å²) in [5.41, 5.74) is -0.286. The van der Waals surface area contributed by atoms with Gasteiger partial charge in [0.1, 0.15) is 0 Å².